The van der Waals surface area contributed by atoms with E-state index in [1.165, 1.54) is 43.3 Å². The van der Waals surface area contributed by atoms with Gasteiger partial charge in [0, 0.05) is 32.7 Å². The molecule has 0 spiro atoms. The number of nitrogens with one attached hydrogen (secondary N) is 1. The van der Waals surface area contributed by atoms with Crippen molar-refractivity contribution in [1.82, 2.24) is 9.21 Å². The molecule has 8 nitrogen and oxygen atoms in total. The fourth-order valence-electron chi connectivity index (χ4n) is 3.81. The van der Waals surface area contributed by atoms with Crippen LogP contribution in [0, 0.1) is 11.8 Å². The van der Waals surface area contributed by atoms with Gasteiger partial charge in [0.1, 0.15) is 0 Å². The predicted octanol–water partition coefficient (Wildman–Crippen LogP) is 1.44. The lowest BCUT2D eigenvalue weighted by atomic mass is 9.81. The zero-order valence-corrected chi connectivity index (χ0v) is 16.9. The van der Waals surface area contributed by atoms with E-state index in [2.05, 4.69) is 5.32 Å². The maximum atomic E-state index is 12.4. The number of carbonyl (C=O) groups excluding carboxylic acids is 3. The Morgan fingerprint density at radius 2 is 1.61 bits per heavy atom. The lowest BCUT2D eigenvalue weighted by Gasteiger charge is -2.19. The molecule has 2 atom stereocenters. The second kappa shape index (κ2) is 8.00. The van der Waals surface area contributed by atoms with Crippen LogP contribution in [-0.4, -0.2) is 56.0 Å². The molecule has 1 saturated heterocycles. The zero-order valence-electron chi connectivity index (χ0n) is 16.1. The number of carbonyl (C=O) groups is 3. The van der Waals surface area contributed by atoms with Gasteiger partial charge in [0.05, 0.1) is 16.7 Å². The van der Waals surface area contributed by atoms with Crippen LogP contribution >= 0.6 is 0 Å². The first kappa shape index (κ1) is 20.5. The summed E-state index contributed by atoms with van der Waals surface area (Å²) in [5.74, 6) is -1.06. The maximum absolute atomic E-state index is 12.4. The topological polar surface area (TPSA) is 104 Å². The number of anilines is 1. The van der Waals surface area contributed by atoms with Gasteiger partial charge in [-0.3, -0.25) is 19.3 Å². The number of benzene rings is 1. The van der Waals surface area contributed by atoms with Crippen LogP contribution in [-0.2, 0) is 24.4 Å². The number of imide groups is 1. The van der Waals surface area contributed by atoms with E-state index >= 15 is 0 Å². The van der Waals surface area contributed by atoms with Crippen LogP contribution < -0.4 is 5.32 Å². The van der Waals surface area contributed by atoms with Crippen LogP contribution in [0.25, 0.3) is 0 Å². The van der Waals surface area contributed by atoms with Gasteiger partial charge >= 0.3 is 0 Å². The van der Waals surface area contributed by atoms with Crippen molar-refractivity contribution in [3.05, 3.63) is 24.3 Å². The summed E-state index contributed by atoms with van der Waals surface area (Å²) in [5.41, 5.74) is 0.454. The minimum absolute atomic E-state index is 0.00860. The van der Waals surface area contributed by atoms with Gasteiger partial charge in [-0.05, 0) is 37.1 Å². The smallest absolute Gasteiger partial charge is 0.242 e. The van der Waals surface area contributed by atoms with Gasteiger partial charge < -0.3 is 5.32 Å². The van der Waals surface area contributed by atoms with Crippen molar-refractivity contribution in [3.63, 3.8) is 0 Å². The molecule has 0 unspecified atom stereocenters. The Morgan fingerprint density at radius 3 is 2.11 bits per heavy atom. The van der Waals surface area contributed by atoms with Crippen molar-refractivity contribution in [2.45, 2.75) is 37.0 Å². The molecule has 1 aliphatic heterocycles. The van der Waals surface area contributed by atoms with Crippen LogP contribution in [0.3, 0.4) is 0 Å². The highest BCUT2D eigenvalue weighted by atomic mass is 32.2. The minimum atomic E-state index is -3.53. The first-order valence-corrected chi connectivity index (χ1v) is 10.8. The molecule has 9 heteroatoms. The Labute approximate surface area is 164 Å². The van der Waals surface area contributed by atoms with Crippen LogP contribution in [0.4, 0.5) is 5.69 Å². The summed E-state index contributed by atoms with van der Waals surface area (Å²) in [6.07, 6.45) is 3.44. The molecule has 1 aromatic rings. The van der Waals surface area contributed by atoms with Gasteiger partial charge in [-0.1, -0.05) is 12.8 Å². The molecule has 1 aliphatic carbocycles. The fraction of sp³-hybridized carbons (Fsp3) is 0.526. The summed E-state index contributed by atoms with van der Waals surface area (Å²) in [4.78, 5) is 38.4. The monoisotopic (exact) mass is 407 g/mol. The summed E-state index contributed by atoms with van der Waals surface area (Å²) in [5, 5.41) is 2.67. The third-order valence-electron chi connectivity index (χ3n) is 5.41. The van der Waals surface area contributed by atoms with Crippen molar-refractivity contribution in [2.24, 2.45) is 11.8 Å². The molecule has 2 aliphatic rings. The highest BCUT2D eigenvalue weighted by Crippen LogP contribution is 2.37. The number of hydrogen-bond donors (Lipinski definition) is 1. The van der Waals surface area contributed by atoms with Gasteiger partial charge in [-0.15, -0.1) is 0 Å². The van der Waals surface area contributed by atoms with Gasteiger partial charge in [-0.2, -0.15) is 0 Å². The van der Waals surface area contributed by atoms with E-state index < -0.39 is 10.0 Å². The molecule has 1 heterocycles. The van der Waals surface area contributed by atoms with E-state index in [-0.39, 0.29) is 47.4 Å². The molecular formula is C19H25N3O5S. The van der Waals surface area contributed by atoms with Gasteiger partial charge in [0.25, 0.3) is 0 Å². The average Bonchev–Trinajstić information content (AvgIpc) is 2.91. The molecular weight excluding hydrogens is 382 g/mol. The molecule has 1 saturated carbocycles. The predicted molar refractivity (Wildman–Crippen MR) is 103 cm³/mol. The Morgan fingerprint density at radius 1 is 1.07 bits per heavy atom. The first-order chi connectivity index (χ1) is 13.2. The number of sulfonamides is 1. The Hall–Kier alpha value is -2.26. The molecule has 1 aromatic carbocycles. The van der Waals surface area contributed by atoms with Crippen LogP contribution in [0.1, 0.15) is 32.1 Å². The van der Waals surface area contributed by atoms with Crippen LogP contribution in [0.2, 0.25) is 0 Å². The van der Waals surface area contributed by atoms with Gasteiger partial charge in [0.15, 0.2) is 0 Å². The molecule has 0 radical (unpaired) electrons. The van der Waals surface area contributed by atoms with Crippen LogP contribution in [0.15, 0.2) is 29.2 Å². The van der Waals surface area contributed by atoms with Crippen molar-refractivity contribution >= 4 is 33.4 Å². The molecule has 3 rings (SSSR count). The number of fused-ring (bicyclic) bond motifs is 1. The minimum Gasteiger partial charge on any atom is -0.326 e. The lowest BCUT2D eigenvalue weighted by Crippen LogP contribution is -2.34. The second-order valence-electron chi connectivity index (χ2n) is 7.44. The standard InChI is InChI=1S/C19H25N3O5S/c1-21(2)28(26,27)14-9-7-13(8-10-14)20-17(23)11-12-22-18(24)15-5-3-4-6-16(15)19(22)25/h7-10,15-16H,3-6,11-12H2,1-2H3,(H,20,23)/t15-,16-/m1/s1. The molecule has 3 amide bonds. The van der Waals surface area contributed by atoms with E-state index in [4.69, 9.17) is 0 Å². The number of amides is 3. The summed E-state index contributed by atoms with van der Waals surface area (Å²) in [6.45, 7) is 0.0730. The highest BCUT2D eigenvalue weighted by molar-refractivity contribution is 7.89. The molecule has 28 heavy (non-hydrogen) atoms. The lowest BCUT2D eigenvalue weighted by molar-refractivity contribution is -0.140. The molecule has 0 aromatic heterocycles. The SMILES string of the molecule is CN(C)S(=O)(=O)c1ccc(NC(=O)CCN2C(=O)[C@@H]3CCCC[C@H]3C2=O)cc1. The third-order valence-corrected chi connectivity index (χ3v) is 7.24. The Kier molecular flexibility index (Phi) is 5.85. The van der Waals surface area contributed by atoms with Crippen molar-refractivity contribution < 1.29 is 22.8 Å². The Bertz CT molecular complexity index is 855. The van der Waals surface area contributed by atoms with Crippen molar-refractivity contribution in [1.29, 1.82) is 0 Å². The number of nitrogens with zero attached hydrogens (tertiary/aromatic N) is 2. The second-order valence-corrected chi connectivity index (χ2v) is 9.59. The largest absolute Gasteiger partial charge is 0.326 e. The first-order valence-electron chi connectivity index (χ1n) is 9.39. The van der Waals surface area contributed by atoms with E-state index in [1.54, 1.807) is 0 Å². The molecule has 2 fully saturated rings. The average molecular weight is 407 g/mol. The fourth-order valence-corrected chi connectivity index (χ4v) is 4.71. The summed E-state index contributed by atoms with van der Waals surface area (Å²) >= 11 is 0. The van der Waals surface area contributed by atoms with E-state index in [1.807, 2.05) is 0 Å². The van der Waals surface area contributed by atoms with Gasteiger partial charge in [-0.25, -0.2) is 12.7 Å². The molecule has 1 N–H and O–H groups in total. The quantitative estimate of drug-likeness (QED) is 0.719. The summed E-state index contributed by atoms with van der Waals surface area (Å²) < 4.78 is 25.2. The number of likely N-dealkylation sites (tertiary alicyclic amines) is 1. The number of rotatable bonds is 6. The van der Waals surface area contributed by atoms with Crippen molar-refractivity contribution in [2.75, 3.05) is 26.0 Å². The van der Waals surface area contributed by atoms with Crippen molar-refractivity contribution in [3.8, 4) is 0 Å². The molecule has 152 valence electrons. The molecule has 0 bridgehead atoms. The maximum Gasteiger partial charge on any atom is 0.242 e. The summed E-state index contributed by atoms with van der Waals surface area (Å²) in [6, 6.07) is 5.86. The normalized spacial score (nSPS) is 22.5. The zero-order chi connectivity index (χ0) is 20.5. The summed E-state index contributed by atoms with van der Waals surface area (Å²) in [7, 11) is -0.634. The van der Waals surface area contributed by atoms with E-state index in [0.717, 1.165) is 30.0 Å². The van der Waals surface area contributed by atoms with Crippen LogP contribution in [0.5, 0.6) is 0 Å². The van der Waals surface area contributed by atoms with E-state index in [9.17, 15) is 22.8 Å². The van der Waals surface area contributed by atoms with E-state index in [0.29, 0.717) is 5.69 Å². The number of hydrogen-bond acceptors (Lipinski definition) is 5. The Balaban J connectivity index is 1.56. The highest BCUT2D eigenvalue weighted by Gasteiger charge is 2.47. The van der Waals surface area contributed by atoms with Gasteiger partial charge in [0.2, 0.25) is 27.7 Å². The third kappa shape index (κ3) is 3.95.